The van der Waals surface area contributed by atoms with E-state index < -0.39 is 31.1 Å². The first-order valence-electron chi connectivity index (χ1n) is 11.9. The van der Waals surface area contributed by atoms with Crippen LogP contribution in [0, 0.1) is 5.82 Å². The van der Waals surface area contributed by atoms with Crippen LogP contribution in [-0.2, 0) is 20.0 Å². The number of hydrogen-bond donors (Lipinski definition) is 0. The maximum absolute atomic E-state index is 14.5. The second-order valence-electron chi connectivity index (χ2n) is 9.87. The molecule has 2 aliphatic rings. The molecule has 2 fully saturated rings. The summed E-state index contributed by atoms with van der Waals surface area (Å²) in [5.74, 6) is -0.408. The minimum atomic E-state index is -4.42. The molecule has 39 heavy (non-hydrogen) atoms. The number of anilines is 2. The Hall–Kier alpha value is -2.46. The number of fused-ring (bicyclic) bond motifs is 1. The monoisotopic (exact) mass is 633 g/mol. The molecular formula is C22H22Cl2FN7O4S3. The van der Waals surface area contributed by atoms with Crippen molar-refractivity contribution in [2.75, 3.05) is 29.4 Å². The fourth-order valence-corrected chi connectivity index (χ4v) is 8.30. The first-order valence-corrected chi connectivity index (χ1v) is 16.4. The predicted molar refractivity (Wildman–Crippen MR) is 148 cm³/mol. The van der Waals surface area contributed by atoms with E-state index in [1.54, 1.807) is 0 Å². The lowest BCUT2D eigenvalue weighted by molar-refractivity contribution is 0.504. The number of benzene rings is 1. The first kappa shape index (κ1) is 26.7. The summed E-state index contributed by atoms with van der Waals surface area (Å²) in [5, 5.41) is 4.92. The van der Waals surface area contributed by atoms with Gasteiger partial charge in [0.1, 0.15) is 10.7 Å². The number of piperazine rings is 1. The first-order chi connectivity index (χ1) is 18.3. The van der Waals surface area contributed by atoms with Crippen LogP contribution in [0.4, 0.5) is 15.3 Å². The number of hydrogen-bond acceptors (Lipinski definition) is 10. The number of rotatable bonds is 6. The summed E-state index contributed by atoms with van der Waals surface area (Å²) in [7, 11) is -8.21. The summed E-state index contributed by atoms with van der Waals surface area (Å²) in [6.45, 7) is 4.60. The molecule has 3 aromatic heterocycles. The summed E-state index contributed by atoms with van der Waals surface area (Å²) < 4.78 is 72.9. The third-order valence-electron chi connectivity index (χ3n) is 7.10. The lowest BCUT2D eigenvalue weighted by Gasteiger charge is -2.42. The third-order valence-corrected chi connectivity index (χ3v) is 12.0. The van der Waals surface area contributed by atoms with Crippen molar-refractivity contribution in [1.82, 2.24) is 22.5 Å². The molecule has 1 saturated heterocycles. The van der Waals surface area contributed by atoms with Gasteiger partial charge in [0.05, 0.1) is 26.7 Å². The molecule has 208 valence electrons. The zero-order chi connectivity index (χ0) is 27.9. The number of halogens is 3. The SMILES string of the molecule is CC(C)S(=O)(=O)n1ccc(S(=O)(=O)n2nc(N3CCN(c4nc(Cl)ns4)CC34CC4)c3c(Cl)cc(F)cc32)c1. The highest BCUT2D eigenvalue weighted by molar-refractivity contribution is 7.91. The normalized spacial score (nSPS) is 17.6. The van der Waals surface area contributed by atoms with Gasteiger partial charge in [-0.1, -0.05) is 11.6 Å². The minimum absolute atomic E-state index is 0.0236. The highest BCUT2D eigenvalue weighted by atomic mass is 35.5. The van der Waals surface area contributed by atoms with E-state index in [1.807, 2.05) is 4.90 Å². The standard InChI is InChI=1S/C22H22Cl2FN7O4S3/c1-13(2)38(33,34)30-6-3-15(11-30)39(35,36)32-17-10-14(25)9-16(23)18(17)19(27-32)31-8-7-29(12-22(31)4-5-22)21-26-20(24)28-37-21/h3,6,9-11,13H,4-5,7-8,12H2,1-2H3. The van der Waals surface area contributed by atoms with Gasteiger partial charge in [-0.05, 0) is 50.4 Å². The van der Waals surface area contributed by atoms with Crippen molar-refractivity contribution in [3.63, 3.8) is 0 Å². The van der Waals surface area contributed by atoms with Crippen LogP contribution >= 0.6 is 34.7 Å². The van der Waals surface area contributed by atoms with Crippen LogP contribution in [-0.4, -0.2) is 69.8 Å². The fourth-order valence-electron chi connectivity index (χ4n) is 4.88. The average molecular weight is 635 g/mol. The van der Waals surface area contributed by atoms with Crippen molar-refractivity contribution in [2.45, 2.75) is 42.4 Å². The molecule has 0 N–H and O–H groups in total. The van der Waals surface area contributed by atoms with Crippen molar-refractivity contribution >= 4 is 76.6 Å². The molecule has 4 heterocycles. The second kappa shape index (κ2) is 9.03. The van der Waals surface area contributed by atoms with Crippen LogP contribution in [0.15, 0.2) is 35.5 Å². The molecule has 1 aromatic carbocycles. The minimum Gasteiger partial charge on any atom is -0.345 e. The van der Waals surface area contributed by atoms with Gasteiger partial charge in [0.25, 0.3) is 10.0 Å². The van der Waals surface area contributed by atoms with E-state index in [-0.39, 0.29) is 26.3 Å². The van der Waals surface area contributed by atoms with E-state index >= 15 is 0 Å². The molecule has 0 amide bonds. The van der Waals surface area contributed by atoms with Crippen LogP contribution in [0.25, 0.3) is 10.9 Å². The summed E-state index contributed by atoms with van der Waals surface area (Å²) in [4.78, 5) is 8.08. The zero-order valence-electron chi connectivity index (χ0n) is 20.6. The molecule has 1 aliphatic carbocycles. The zero-order valence-corrected chi connectivity index (χ0v) is 24.6. The molecular weight excluding hydrogens is 612 g/mol. The number of aromatic nitrogens is 5. The topological polar surface area (TPSA) is 123 Å². The quantitative estimate of drug-likeness (QED) is 0.312. The van der Waals surface area contributed by atoms with Crippen LogP contribution in [0.5, 0.6) is 0 Å². The Balaban J connectivity index is 1.45. The molecule has 1 aliphatic heterocycles. The van der Waals surface area contributed by atoms with E-state index in [4.69, 9.17) is 23.2 Å². The van der Waals surface area contributed by atoms with Gasteiger partial charge in [-0.3, -0.25) is 3.97 Å². The van der Waals surface area contributed by atoms with Gasteiger partial charge in [-0.25, -0.2) is 12.8 Å². The van der Waals surface area contributed by atoms with Gasteiger partial charge in [-0.15, -0.1) is 5.10 Å². The third kappa shape index (κ3) is 4.29. The van der Waals surface area contributed by atoms with Gasteiger partial charge in [-0.2, -0.15) is 21.9 Å². The lowest BCUT2D eigenvalue weighted by Crippen LogP contribution is -2.55. The van der Waals surface area contributed by atoms with Gasteiger partial charge < -0.3 is 9.80 Å². The molecule has 0 atom stereocenters. The lowest BCUT2D eigenvalue weighted by atomic mass is 10.1. The van der Waals surface area contributed by atoms with Gasteiger partial charge in [0.2, 0.25) is 20.4 Å². The molecule has 0 unspecified atom stereocenters. The largest absolute Gasteiger partial charge is 0.345 e. The van der Waals surface area contributed by atoms with Gasteiger partial charge in [0.15, 0.2) is 5.82 Å². The van der Waals surface area contributed by atoms with Crippen molar-refractivity contribution < 1.29 is 21.2 Å². The van der Waals surface area contributed by atoms with Crippen molar-refractivity contribution in [2.24, 2.45) is 0 Å². The number of nitrogens with zero attached hydrogens (tertiary/aromatic N) is 7. The molecule has 1 saturated carbocycles. The Bertz CT molecular complexity index is 1830. The Kier molecular flexibility index (Phi) is 6.19. The molecule has 0 radical (unpaired) electrons. The molecule has 0 bridgehead atoms. The second-order valence-corrected chi connectivity index (χ2v) is 15.5. The van der Waals surface area contributed by atoms with Crippen LogP contribution < -0.4 is 9.80 Å². The fraction of sp³-hybridized carbons (Fsp3) is 0.409. The van der Waals surface area contributed by atoms with Crippen molar-refractivity contribution in [3.8, 4) is 0 Å². The predicted octanol–water partition coefficient (Wildman–Crippen LogP) is 3.82. The Morgan fingerprint density at radius 1 is 1.13 bits per heavy atom. The maximum atomic E-state index is 14.5. The summed E-state index contributed by atoms with van der Waals surface area (Å²) >= 11 is 13.6. The Morgan fingerprint density at radius 2 is 1.87 bits per heavy atom. The molecule has 4 aromatic rings. The van der Waals surface area contributed by atoms with E-state index in [9.17, 15) is 21.2 Å². The van der Waals surface area contributed by atoms with E-state index in [1.165, 1.54) is 37.6 Å². The van der Waals surface area contributed by atoms with Crippen LogP contribution in [0.1, 0.15) is 26.7 Å². The molecule has 11 nitrogen and oxygen atoms in total. The van der Waals surface area contributed by atoms with Crippen molar-refractivity contribution in [3.05, 3.63) is 46.7 Å². The molecule has 1 spiro atoms. The Morgan fingerprint density at radius 3 is 2.51 bits per heavy atom. The molecule has 17 heteroatoms. The highest BCUT2D eigenvalue weighted by Gasteiger charge is 2.53. The molecule has 6 rings (SSSR count). The average Bonchev–Trinajstić information content (AvgIpc) is 3.26. The van der Waals surface area contributed by atoms with Crippen LogP contribution in [0.2, 0.25) is 10.3 Å². The van der Waals surface area contributed by atoms with E-state index in [0.717, 1.165) is 39.2 Å². The summed E-state index contributed by atoms with van der Waals surface area (Å²) in [5.41, 5.74) is -0.387. The summed E-state index contributed by atoms with van der Waals surface area (Å²) in [6.07, 6.45) is 3.84. The maximum Gasteiger partial charge on any atom is 0.285 e. The van der Waals surface area contributed by atoms with Crippen LogP contribution in [0.3, 0.4) is 0 Å². The van der Waals surface area contributed by atoms with Crippen molar-refractivity contribution in [1.29, 1.82) is 0 Å². The highest BCUT2D eigenvalue weighted by Crippen LogP contribution is 2.49. The van der Waals surface area contributed by atoms with Gasteiger partial charge >= 0.3 is 0 Å². The van der Waals surface area contributed by atoms with Gasteiger partial charge in [0, 0.05) is 49.6 Å². The Labute approximate surface area is 238 Å². The van der Waals surface area contributed by atoms with E-state index in [0.29, 0.717) is 36.0 Å². The smallest absolute Gasteiger partial charge is 0.285 e. The van der Waals surface area contributed by atoms with E-state index in [2.05, 4.69) is 19.4 Å². The summed E-state index contributed by atoms with van der Waals surface area (Å²) in [6, 6.07) is 3.37.